The lowest BCUT2D eigenvalue weighted by molar-refractivity contribution is -0.367. The quantitative estimate of drug-likeness (QED) is 0.317. The number of carbonyl (C=O) groups excluding carboxylic acids is 1. The van der Waals surface area contributed by atoms with E-state index in [0.717, 1.165) is 11.1 Å². The molecular weight excluding hydrogens is 535 g/mol. The van der Waals surface area contributed by atoms with Crippen LogP contribution in [0.2, 0.25) is 5.02 Å². The van der Waals surface area contributed by atoms with E-state index in [2.05, 4.69) is 5.32 Å². The van der Waals surface area contributed by atoms with Crippen LogP contribution in [0.15, 0.2) is 30.3 Å². The summed E-state index contributed by atoms with van der Waals surface area (Å²) >= 11 is 6.61. The van der Waals surface area contributed by atoms with Crippen molar-refractivity contribution in [1.29, 1.82) is 0 Å². The van der Waals surface area contributed by atoms with E-state index in [1.807, 2.05) is 24.3 Å². The molecule has 5 atom stereocenters. The maximum absolute atomic E-state index is 13.3. The van der Waals surface area contributed by atoms with Gasteiger partial charge < -0.3 is 40.0 Å². The Morgan fingerprint density at radius 3 is 2.45 bits per heavy atom. The highest BCUT2D eigenvalue weighted by molar-refractivity contribution is 6.33. The van der Waals surface area contributed by atoms with Gasteiger partial charge in [0.05, 0.1) is 18.2 Å². The molecule has 4 rings (SSSR count). The lowest BCUT2D eigenvalue weighted by Crippen LogP contribution is -2.65. The van der Waals surface area contributed by atoms with Gasteiger partial charge in [-0.1, -0.05) is 35.9 Å². The monoisotopic (exact) mass is 561 g/mol. The Labute approximate surface area is 220 Å². The van der Waals surface area contributed by atoms with Gasteiger partial charge in [-0.3, -0.25) is 0 Å². The minimum atomic E-state index is -5.49. The number of hydrogen-bond acceptors (Lipinski definition) is 9. The van der Waals surface area contributed by atoms with Gasteiger partial charge in [0.1, 0.15) is 24.1 Å². The van der Waals surface area contributed by atoms with Crippen molar-refractivity contribution in [1.82, 2.24) is 5.32 Å². The van der Waals surface area contributed by atoms with Crippen LogP contribution in [0.4, 0.5) is 13.2 Å². The second kappa shape index (κ2) is 11.0. The first-order valence-electron chi connectivity index (χ1n) is 11.8. The first kappa shape index (κ1) is 28.6. The number of carbonyl (C=O) groups is 1. The Morgan fingerprint density at radius 2 is 1.84 bits per heavy atom. The minimum absolute atomic E-state index is 0.0816. The molecule has 38 heavy (non-hydrogen) atoms. The van der Waals surface area contributed by atoms with E-state index in [1.54, 1.807) is 7.05 Å². The second-order valence-corrected chi connectivity index (χ2v) is 9.52. The molecule has 0 radical (unpaired) electrons. The molecular formula is C25H27ClF3NO8. The van der Waals surface area contributed by atoms with E-state index in [0.29, 0.717) is 12.1 Å². The molecule has 0 amide bonds. The number of halogens is 4. The predicted octanol–water partition coefficient (Wildman–Crippen LogP) is 1.32. The number of nitrogens with one attached hydrogen (secondary N) is 1. The van der Waals surface area contributed by atoms with E-state index in [4.69, 9.17) is 25.8 Å². The first-order chi connectivity index (χ1) is 17.9. The summed E-state index contributed by atoms with van der Waals surface area (Å²) < 4.78 is 56.0. The predicted molar refractivity (Wildman–Crippen MR) is 126 cm³/mol. The molecule has 9 nitrogen and oxygen atoms in total. The number of alkyl halides is 3. The van der Waals surface area contributed by atoms with E-state index in [-0.39, 0.29) is 41.3 Å². The van der Waals surface area contributed by atoms with Crippen molar-refractivity contribution in [2.75, 3.05) is 20.3 Å². The summed E-state index contributed by atoms with van der Waals surface area (Å²) in [4.78, 5) is 12.1. The van der Waals surface area contributed by atoms with Crippen molar-refractivity contribution in [2.24, 2.45) is 0 Å². The molecule has 5 N–H and O–H groups in total. The maximum Gasteiger partial charge on any atom is 0.491 e. The largest absolute Gasteiger partial charge is 0.491 e. The Kier molecular flexibility index (Phi) is 8.24. The van der Waals surface area contributed by atoms with E-state index >= 15 is 0 Å². The van der Waals surface area contributed by atoms with Crippen molar-refractivity contribution in [3.63, 3.8) is 0 Å². The molecule has 1 fully saturated rings. The molecule has 0 spiro atoms. The molecule has 0 unspecified atom stereocenters. The number of benzene rings is 2. The fourth-order valence-electron chi connectivity index (χ4n) is 4.72. The zero-order valence-corrected chi connectivity index (χ0v) is 20.9. The van der Waals surface area contributed by atoms with Gasteiger partial charge in [-0.15, -0.1) is 0 Å². The Hall–Kier alpha value is -2.45. The van der Waals surface area contributed by atoms with Gasteiger partial charge in [0.15, 0.2) is 6.10 Å². The van der Waals surface area contributed by atoms with Gasteiger partial charge in [0.25, 0.3) is 5.79 Å². The van der Waals surface area contributed by atoms with Gasteiger partial charge in [0, 0.05) is 24.1 Å². The molecule has 2 heterocycles. The summed E-state index contributed by atoms with van der Waals surface area (Å²) in [5, 5.41) is 44.6. The highest BCUT2D eigenvalue weighted by Crippen LogP contribution is 2.48. The van der Waals surface area contributed by atoms with Crippen LogP contribution >= 0.6 is 11.6 Å². The fourth-order valence-corrected chi connectivity index (χ4v) is 5.01. The molecule has 13 heteroatoms. The van der Waals surface area contributed by atoms with Gasteiger partial charge in [-0.25, -0.2) is 4.79 Å². The summed E-state index contributed by atoms with van der Waals surface area (Å²) in [6.45, 7) is -0.243. The molecule has 2 aliphatic rings. The minimum Gasteiger partial charge on any atom is -0.491 e. The zero-order chi connectivity index (χ0) is 27.8. The third-order valence-corrected chi connectivity index (χ3v) is 7.01. The SMILES string of the molecule is CNCc1ccc(Cc2cc([C@@]3(OC(=O)C(F)(F)F)O[C@H](CO)[C@@H](O)[C@@H](O)[C@H]3O)c3c(c2Cl)OCC3)cc1. The van der Waals surface area contributed by atoms with Crippen molar-refractivity contribution < 1.29 is 52.6 Å². The first-order valence-corrected chi connectivity index (χ1v) is 12.1. The van der Waals surface area contributed by atoms with Gasteiger partial charge >= 0.3 is 12.1 Å². The lowest BCUT2D eigenvalue weighted by atomic mass is 9.84. The number of aliphatic hydroxyl groups excluding tert-OH is 4. The number of rotatable bonds is 7. The van der Waals surface area contributed by atoms with E-state index < -0.39 is 49.0 Å². The highest BCUT2D eigenvalue weighted by atomic mass is 35.5. The highest BCUT2D eigenvalue weighted by Gasteiger charge is 2.61. The van der Waals surface area contributed by atoms with Crippen LogP contribution in [-0.2, 0) is 39.4 Å². The summed E-state index contributed by atoms with van der Waals surface area (Å²) in [6, 6.07) is 8.76. The Bertz CT molecular complexity index is 1180. The van der Waals surface area contributed by atoms with Gasteiger partial charge in [-0.05, 0) is 36.2 Å². The van der Waals surface area contributed by atoms with E-state index in [1.165, 1.54) is 6.07 Å². The zero-order valence-electron chi connectivity index (χ0n) is 20.2. The van der Waals surface area contributed by atoms with Crippen LogP contribution in [0.5, 0.6) is 5.75 Å². The third-order valence-electron chi connectivity index (χ3n) is 6.60. The molecule has 2 aliphatic heterocycles. The number of ether oxygens (including phenoxy) is 3. The molecule has 2 aromatic rings. The molecule has 208 valence electrons. The van der Waals surface area contributed by atoms with Crippen molar-refractivity contribution in [2.45, 2.75) is 55.8 Å². The Balaban J connectivity index is 1.87. The van der Waals surface area contributed by atoms with Crippen LogP contribution in [0, 0.1) is 0 Å². The molecule has 0 bridgehead atoms. The van der Waals surface area contributed by atoms with Crippen LogP contribution in [0.3, 0.4) is 0 Å². The number of aliphatic hydroxyl groups is 4. The standard InChI is InChI=1S/C25H27ClF3NO8/c1-30-10-13-4-2-12(3-5-13)8-14-9-16(15-6-7-36-21(15)18(14)26)24(38-23(35)25(27,28)29)22(34)20(33)19(32)17(11-31)37-24/h2-5,9,17,19-20,22,30-34H,6-8,10-11H2,1H3/t17-,19-,20-,22-,24+/m1/s1. The molecule has 0 aromatic heterocycles. The summed E-state index contributed by atoms with van der Waals surface area (Å²) in [5.74, 6) is -5.56. The molecule has 0 aliphatic carbocycles. The van der Waals surface area contributed by atoms with Crippen molar-refractivity contribution >= 4 is 17.6 Å². The van der Waals surface area contributed by atoms with Crippen LogP contribution < -0.4 is 10.1 Å². The van der Waals surface area contributed by atoms with Crippen LogP contribution in [-0.4, -0.2) is 77.2 Å². The van der Waals surface area contributed by atoms with Crippen LogP contribution in [0.1, 0.15) is 27.8 Å². The Morgan fingerprint density at radius 1 is 1.18 bits per heavy atom. The number of hydrogen-bond donors (Lipinski definition) is 5. The smallest absolute Gasteiger partial charge is 0.491 e. The van der Waals surface area contributed by atoms with Gasteiger partial charge in [0.2, 0.25) is 0 Å². The van der Waals surface area contributed by atoms with Crippen molar-refractivity contribution in [3.05, 3.63) is 63.2 Å². The normalized spacial score (nSPS) is 27.1. The van der Waals surface area contributed by atoms with E-state index in [9.17, 15) is 38.4 Å². The number of fused-ring (bicyclic) bond motifs is 1. The average Bonchev–Trinajstić information content (AvgIpc) is 3.37. The maximum atomic E-state index is 13.3. The third kappa shape index (κ3) is 5.22. The second-order valence-electron chi connectivity index (χ2n) is 9.15. The molecule has 0 saturated carbocycles. The van der Waals surface area contributed by atoms with Crippen LogP contribution in [0.25, 0.3) is 0 Å². The summed E-state index contributed by atoms with van der Waals surface area (Å²) in [7, 11) is 1.81. The fraction of sp³-hybridized carbons (Fsp3) is 0.480. The van der Waals surface area contributed by atoms with Crippen molar-refractivity contribution in [3.8, 4) is 5.75 Å². The molecule has 1 saturated heterocycles. The summed E-state index contributed by atoms with van der Waals surface area (Å²) in [6.07, 6.45) is -13.3. The average molecular weight is 562 g/mol. The molecule has 2 aromatic carbocycles. The topological polar surface area (TPSA) is 138 Å². The lowest BCUT2D eigenvalue weighted by Gasteiger charge is -2.48. The number of esters is 1. The summed E-state index contributed by atoms with van der Waals surface area (Å²) in [5.41, 5.74) is 2.09. The van der Waals surface area contributed by atoms with Gasteiger partial charge in [-0.2, -0.15) is 13.2 Å².